The summed E-state index contributed by atoms with van der Waals surface area (Å²) in [6.07, 6.45) is 1.00. The Balaban J connectivity index is 1.68. The predicted molar refractivity (Wildman–Crippen MR) is 106 cm³/mol. The van der Waals surface area contributed by atoms with Gasteiger partial charge in [0.05, 0.1) is 23.6 Å². The topological polar surface area (TPSA) is 84.9 Å². The Kier molecular flexibility index (Phi) is 4.45. The molecule has 0 fully saturated rings. The number of rotatable bonds is 5. The number of hydrogen-bond donors (Lipinski definition) is 1. The van der Waals surface area contributed by atoms with E-state index in [9.17, 15) is 13.2 Å². The summed E-state index contributed by atoms with van der Waals surface area (Å²) in [5, 5.41) is 0. The van der Waals surface area contributed by atoms with Crippen molar-refractivity contribution >= 4 is 27.3 Å². The van der Waals surface area contributed by atoms with E-state index in [2.05, 4.69) is 4.72 Å². The molecule has 1 amide bonds. The molecule has 1 atom stereocenters. The normalized spacial score (nSPS) is 17.9. The zero-order valence-electron chi connectivity index (χ0n) is 16.0. The molecule has 148 valence electrons. The number of hydrogen-bond acceptors (Lipinski definition) is 5. The summed E-state index contributed by atoms with van der Waals surface area (Å²) in [6.45, 7) is 4.23. The molecule has 1 unspecified atom stereocenters. The molecular formula is C20H22N2O5S. The molecule has 7 nitrogen and oxygen atoms in total. The first-order valence-corrected chi connectivity index (χ1v) is 10.7. The average Bonchev–Trinajstić information content (AvgIpc) is 3.13. The molecule has 0 saturated carbocycles. The highest BCUT2D eigenvalue weighted by Crippen LogP contribution is 2.39. The lowest BCUT2D eigenvalue weighted by molar-refractivity contribution is -0.117. The molecule has 8 heteroatoms. The van der Waals surface area contributed by atoms with Crippen molar-refractivity contribution in [2.45, 2.75) is 37.7 Å². The standard InChI is InChI=1S/C20H22N2O5S/c1-4-26-19-9-14-7-12(2)27-18(14)11-16(19)21-28(24,25)15-5-6-17-13(8-15)10-20(23)22(17)3/h5-6,8-9,11-12,21H,4,7,10H2,1-3H3. The highest BCUT2D eigenvalue weighted by molar-refractivity contribution is 7.92. The number of ether oxygens (including phenoxy) is 2. The van der Waals surface area contributed by atoms with Gasteiger partial charge in [0.15, 0.2) is 0 Å². The summed E-state index contributed by atoms with van der Waals surface area (Å²) in [7, 11) is -2.18. The van der Waals surface area contributed by atoms with E-state index in [4.69, 9.17) is 9.47 Å². The Morgan fingerprint density at radius 2 is 2.04 bits per heavy atom. The second-order valence-electron chi connectivity index (χ2n) is 7.05. The fraction of sp³-hybridized carbons (Fsp3) is 0.350. The van der Waals surface area contributed by atoms with Crippen LogP contribution in [0.2, 0.25) is 0 Å². The van der Waals surface area contributed by atoms with Gasteiger partial charge in [-0.05, 0) is 43.7 Å². The Hall–Kier alpha value is -2.74. The summed E-state index contributed by atoms with van der Waals surface area (Å²) in [5.41, 5.74) is 2.77. The zero-order valence-corrected chi connectivity index (χ0v) is 16.8. The van der Waals surface area contributed by atoms with Crippen LogP contribution in [0.5, 0.6) is 11.5 Å². The number of fused-ring (bicyclic) bond motifs is 2. The second-order valence-corrected chi connectivity index (χ2v) is 8.73. The van der Waals surface area contributed by atoms with E-state index >= 15 is 0 Å². The monoisotopic (exact) mass is 402 g/mol. The van der Waals surface area contributed by atoms with Crippen LogP contribution in [-0.4, -0.2) is 34.1 Å². The summed E-state index contributed by atoms with van der Waals surface area (Å²) in [4.78, 5) is 13.5. The maximum absolute atomic E-state index is 13.0. The lowest BCUT2D eigenvalue weighted by atomic mass is 10.1. The Morgan fingerprint density at radius 3 is 2.79 bits per heavy atom. The minimum absolute atomic E-state index is 0.0440. The quantitative estimate of drug-likeness (QED) is 0.831. The van der Waals surface area contributed by atoms with Crippen LogP contribution in [0.15, 0.2) is 35.2 Å². The third-order valence-corrected chi connectivity index (χ3v) is 6.34. The van der Waals surface area contributed by atoms with Crippen molar-refractivity contribution in [2.75, 3.05) is 23.3 Å². The molecule has 0 aromatic heterocycles. The van der Waals surface area contributed by atoms with Gasteiger partial charge in [-0.1, -0.05) is 0 Å². The average molecular weight is 402 g/mol. The maximum Gasteiger partial charge on any atom is 0.262 e. The summed E-state index contributed by atoms with van der Waals surface area (Å²) >= 11 is 0. The third-order valence-electron chi connectivity index (χ3n) is 4.98. The van der Waals surface area contributed by atoms with Crippen LogP contribution in [0, 0.1) is 0 Å². The lowest BCUT2D eigenvalue weighted by Crippen LogP contribution is -2.20. The van der Waals surface area contributed by atoms with Gasteiger partial charge in [-0.2, -0.15) is 0 Å². The van der Waals surface area contributed by atoms with Crippen molar-refractivity contribution < 1.29 is 22.7 Å². The molecule has 0 aliphatic carbocycles. The van der Waals surface area contributed by atoms with E-state index in [1.165, 1.54) is 11.0 Å². The van der Waals surface area contributed by atoms with Gasteiger partial charge in [0.25, 0.3) is 10.0 Å². The minimum Gasteiger partial charge on any atom is -0.492 e. The Labute approximate surface area is 164 Å². The maximum atomic E-state index is 13.0. The predicted octanol–water partition coefficient (Wildman–Crippen LogP) is 2.73. The Morgan fingerprint density at radius 1 is 1.25 bits per heavy atom. The lowest BCUT2D eigenvalue weighted by Gasteiger charge is -2.15. The molecular weight excluding hydrogens is 380 g/mol. The number of nitrogens with one attached hydrogen (secondary N) is 1. The molecule has 2 aromatic rings. The summed E-state index contributed by atoms with van der Waals surface area (Å²) < 4.78 is 40.0. The first kappa shape index (κ1) is 18.6. The first-order chi connectivity index (χ1) is 13.3. The van der Waals surface area contributed by atoms with E-state index in [-0.39, 0.29) is 23.3 Å². The number of carbonyl (C=O) groups is 1. The van der Waals surface area contributed by atoms with Gasteiger partial charge < -0.3 is 14.4 Å². The zero-order chi connectivity index (χ0) is 20.1. The third kappa shape index (κ3) is 3.17. The van der Waals surface area contributed by atoms with E-state index in [0.29, 0.717) is 29.4 Å². The molecule has 2 aliphatic rings. The van der Waals surface area contributed by atoms with Crippen LogP contribution in [0.3, 0.4) is 0 Å². The fourth-order valence-electron chi connectivity index (χ4n) is 3.61. The molecule has 4 rings (SSSR count). The summed E-state index contributed by atoms with van der Waals surface area (Å²) in [5.74, 6) is 1.08. The van der Waals surface area contributed by atoms with Crippen molar-refractivity contribution in [2.24, 2.45) is 0 Å². The molecule has 0 radical (unpaired) electrons. The number of benzene rings is 2. The van der Waals surface area contributed by atoms with Crippen molar-refractivity contribution in [3.8, 4) is 11.5 Å². The molecule has 1 N–H and O–H groups in total. The van der Waals surface area contributed by atoms with Crippen LogP contribution in [0.1, 0.15) is 25.0 Å². The molecule has 2 aromatic carbocycles. The summed E-state index contributed by atoms with van der Waals surface area (Å²) in [6, 6.07) is 8.21. The van der Waals surface area contributed by atoms with E-state index < -0.39 is 10.0 Å². The van der Waals surface area contributed by atoms with Crippen molar-refractivity contribution in [3.63, 3.8) is 0 Å². The van der Waals surface area contributed by atoms with Gasteiger partial charge in [-0.15, -0.1) is 0 Å². The molecule has 2 heterocycles. The van der Waals surface area contributed by atoms with Crippen LogP contribution in [0.25, 0.3) is 0 Å². The van der Waals surface area contributed by atoms with Crippen LogP contribution in [0.4, 0.5) is 11.4 Å². The van der Waals surface area contributed by atoms with Gasteiger partial charge in [0, 0.05) is 30.8 Å². The highest BCUT2D eigenvalue weighted by Gasteiger charge is 2.28. The van der Waals surface area contributed by atoms with Crippen LogP contribution in [-0.2, 0) is 27.7 Å². The molecule has 0 bridgehead atoms. The van der Waals surface area contributed by atoms with Crippen molar-refractivity contribution in [1.82, 2.24) is 0 Å². The fourth-order valence-corrected chi connectivity index (χ4v) is 4.72. The van der Waals surface area contributed by atoms with E-state index in [0.717, 1.165) is 17.7 Å². The number of amides is 1. The molecule has 0 spiro atoms. The largest absolute Gasteiger partial charge is 0.492 e. The number of anilines is 2. The van der Waals surface area contributed by atoms with E-state index in [1.54, 1.807) is 25.2 Å². The number of nitrogens with zero attached hydrogens (tertiary/aromatic N) is 1. The number of sulfonamides is 1. The SMILES string of the molecule is CCOc1cc2c(cc1NS(=O)(=O)c1ccc3c(c1)CC(=O)N3C)OC(C)C2. The van der Waals surface area contributed by atoms with Gasteiger partial charge in [0.1, 0.15) is 17.6 Å². The van der Waals surface area contributed by atoms with Crippen LogP contribution < -0.4 is 19.1 Å². The van der Waals surface area contributed by atoms with Crippen molar-refractivity contribution in [1.29, 1.82) is 0 Å². The van der Waals surface area contributed by atoms with Gasteiger partial charge >= 0.3 is 0 Å². The molecule has 28 heavy (non-hydrogen) atoms. The highest BCUT2D eigenvalue weighted by atomic mass is 32.2. The Bertz CT molecular complexity index is 1060. The van der Waals surface area contributed by atoms with Crippen LogP contribution >= 0.6 is 0 Å². The number of likely N-dealkylation sites (N-methyl/N-ethyl adjacent to an activating group) is 1. The number of carbonyl (C=O) groups excluding carboxylic acids is 1. The second kappa shape index (κ2) is 6.70. The smallest absolute Gasteiger partial charge is 0.262 e. The molecule has 0 saturated heterocycles. The first-order valence-electron chi connectivity index (χ1n) is 9.17. The van der Waals surface area contributed by atoms with Gasteiger partial charge in [0.2, 0.25) is 5.91 Å². The van der Waals surface area contributed by atoms with Gasteiger partial charge in [-0.25, -0.2) is 8.42 Å². The van der Waals surface area contributed by atoms with Gasteiger partial charge in [-0.3, -0.25) is 9.52 Å². The minimum atomic E-state index is -3.86. The van der Waals surface area contributed by atoms with Crippen molar-refractivity contribution in [3.05, 3.63) is 41.5 Å². The van der Waals surface area contributed by atoms with E-state index in [1.807, 2.05) is 19.9 Å². The molecule has 2 aliphatic heterocycles.